The van der Waals surface area contributed by atoms with Gasteiger partial charge in [0.1, 0.15) is 30.1 Å². The fourth-order valence-corrected chi connectivity index (χ4v) is 5.36. The number of hydrogen-bond donors (Lipinski definition) is 0. The molecule has 5 atom stereocenters. The number of hydrogen-bond acceptors (Lipinski definition) is 6. The van der Waals surface area contributed by atoms with E-state index in [1.54, 1.807) is 27.0 Å². The van der Waals surface area contributed by atoms with Gasteiger partial charge in [0.15, 0.2) is 14.1 Å². The van der Waals surface area contributed by atoms with Gasteiger partial charge in [-0.3, -0.25) is 0 Å². The maximum Gasteiger partial charge on any atom is 0.192 e. The Bertz CT molecular complexity index is 877. The fraction of sp³-hybridized carbons (Fsp3) is 0.679. The van der Waals surface area contributed by atoms with Crippen LogP contribution in [0.15, 0.2) is 36.2 Å². The molecule has 1 aliphatic rings. The summed E-state index contributed by atoms with van der Waals surface area (Å²) in [5, 5.41) is 0.0515. The topological polar surface area (TPSA) is 63.2 Å². The normalized spacial score (nSPS) is 23.2. The number of aldehydes is 1. The molecule has 1 heterocycles. The average molecular weight is 525 g/mol. The lowest BCUT2D eigenvalue weighted by atomic mass is 10.00. The van der Waals surface area contributed by atoms with Crippen molar-refractivity contribution in [1.82, 2.24) is 0 Å². The van der Waals surface area contributed by atoms with Crippen LogP contribution in [0.5, 0.6) is 5.75 Å². The lowest BCUT2D eigenvalue weighted by Crippen LogP contribution is -2.44. The molecule has 0 N–H and O–H groups in total. The molecule has 204 valence electrons. The van der Waals surface area contributed by atoms with Gasteiger partial charge in [-0.15, -0.1) is 0 Å². The standard InChI is InChI=1S/C28H45FO6Si/c1-19(20(2)35-36(9,10)27(3,4)5)17-23(29)25(26-24(15-16-30)33-28(6,7)34-26)32-18-21-11-13-22(31-8)14-12-21/h11-14,16-17,19-20,24-26H,15,18H2,1-10H3/t19-,20-,24+,25-,26+/m1/s1. The molecule has 0 radical (unpaired) electrons. The number of benzene rings is 1. The minimum Gasteiger partial charge on any atom is -0.497 e. The van der Waals surface area contributed by atoms with Crippen LogP contribution in [0.25, 0.3) is 0 Å². The molecule has 1 fully saturated rings. The Kier molecular flexibility index (Phi) is 10.5. The molecule has 0 aromatic heterocycles. The number of ether oxygens (including phenoxy) is 4. The largest absolute Gasteiger partial charge is 0.497 e. The van der Waals surface area contributed by atoms with Crippen LogP contribution < -0.4 is 4.74 Å². The second-order valence-corrected chi connectivity index (χ2v) is 16.4. The molecule has 1 aromatic rings. The summed E-state index contributed by atoms with van der Waals surface area (Å²) in [7, 11) is -0.417. The van der Waals surface area contributed by atoms with Crippen molar-refractivity contribution in [1.29, 1.82) is 0 Å². The first-order valence-electron chi connectivity index (χ1n) is 12.7. The Hall–Kier alpha value is -1.58. The zero-order valence-corrected chi connectivity index (χ0v) is 24.6. The quantitative estimate of drug-likeness (QED) is 0.227. The molecule has 0 aliphatic carbocycles. The third-order valence-corrected chi connectivity index (χ3v) is 11.7. The van der Waals surface area contributed by atoms with Gasteiger partial charge in [0.05, 0.1) is 19.8 Å². The van der Waals surface area contributed by atoms with Gasteiger partial charge >= 0.3 is 0 Å². The Morgan fingerprint density at radius 1 is 1.17 bits per heavy atom. The highest BCUT2D eigenvalue weighted by Crippen LogP contribution is 2.39. The minimum absolute atomic E-state index is 0.0515. The molecular formula is C28H45FO6Si. The van der Waals surface area contributed by atoms with Crippen molar-refractivity contribution in [3.63, 3.8) is 0 Å². The fourth-order valence-electron chi connectivity index (χ4n) is 3.87. The third-order valence-electron chi connectivity index (χ3n) is 7.16. The first-order chi connectivity index (χ1) is 16.6. The zero-order valence-electron chi connectivity index (χ0n) is 23.6. The molecule has 36 heavy (non-hydrogen) atoms. The predicted molar refractivity (Wildman–Crippen MR) is 142 cm³/mol. The Balaban J connectivity index is 2.29. The summed E-state index contributed by atoms with van der Waals surface area (Å²) in [5.41, 5.74) is 0.862. The van der Waals surface area contributed by atoms with Crippen LogP contribution in [-0.2, 0) is 30.0 Å². The summed E-state index contributed by atoms with van der Waals surface area (Å²) in [5.74, 6) is -0.883. The van der Waals surface area contributed by atoms with Crippen LogP contribution in [0.2, 0.25) is 18.1 Å². The van der Waals surface area contributed by atoms with Crippen molar-refractivity contribution in [2.45, 2.75) is 110 Å². The van der Waals surface area contributed by atoms with Crippen molar-refractivity contribution < 1.29 is 32.6 Å². The average Bonchev–Trinajstić information content (AvgIpc) is 3.07. The van der Waals surface area contributed by atoms with E-state index in [0.717, 1.165) is 17.6 Å². The maximum atomic E-state index is 15.9. The summed E-state index contributed by atoms with van der Waals surface area (Å²) in [6.07, 6.45) is -0.198. The number of carbonyl (C=O) groups excluding carboxylic acids is 1. The van der Waals surface area contributed by atoms with Crippen molar-refractivity contribution in [3.8, 4) is 5.75 Å². The van der Waals surface area contributed by atoms with E-state index in [2.05, 4.69) is 33.9 Å². The second kappa shape index (κ2) is 12.3. The molecule has 6 nitrogen and oxygen atoms in total. The number of carbonyl (C=O) groups is 1. The van der Waals surface area contributed by atoms with Crippen LogP contribution >= 0.6 is 0 Å². The van der Waals surface area contributed by atoms with Crippen molar-refractivity contribution in [2.75, 3.05) is 7.11 Å². The van der Waals surface area contributed by atoms with Gasteiger partial charge in [0.2, 0.25) is 0 Å². The molecule has 1 aliphatic heterocycles. The smallest absolute Gasteiger partial charge is 0.192 e. The molecule has 0 unspecified atom stereocenters. The van der Waals surface area contributed by atoms with E-state index in [1.165, 1.54) is 0 Å². The molecule has 1 saturated heterocycles. The summed E-state index contributed by atoms with van der Waals surface area (Å²) >= 11 is 0. The first-order valence-corrected chi connectivity index (χ1v) is 15.6. The van der Waals surface area contributed by atoms with E-state index in [9.17, 15) is 4.79 Å². The van der Waals surface area contributed by atoms with E-state index in [1.807, 2.05) is 38.1 Å². The monoisotopic (exact) mass is 524 g/mol. The van der Waals surface area contributed by atoms with Gasteiger partial charge in [-0.2, -0.15) is 0 Å². The Morgan fingerprint density at radius 2 is 1.78 bits per heavy atom. The molecular weight excluding hydrogens is 479 g/mol. The van der Waals surface area contributed by atoms with E-state index >= 15 is 4.39 Å². The van der Waals surface area contributed by atoms with Crippen LogP contribution in [0.3, 0.4) is 0 Å². The molecule has 0 spiro atoms. The molecule has 0 bridgehead atoms. The van der Waals surface area contributed by atoms with E-state index in [-0.39, 0.29) is 30.1 Å². The van der Waals surface area contributed by atoms with Crippen LogP contribution in [0.1, 0.15) is 60.5 Å². The van der Waals surface area contributed by atoms with Gasteiger partial charge < -0.3 is 28.2 Å². The van der Waals surface area contributed by atoms with Crippen LogP contribution in [-0.4, -0.2) is 51.9 Å². The van der Waals surface area contributed by atoms with Gasteiger partial charge in [-0.25, -0.2) is 4.39 Å². The highest BCUT2D eigenvalue weighted by Gasteiger charge is 2.47. The Morgan fingerprint density at radius 3 is 2.31 bits per heavy atom. The summed E-state index contributed by atoms with van der Waals surface area (Å²) in [6, 6.07) is 7.40. The zero-order chi connectivity index (χ0) is 27.3. The van der Waals surface area contributed by atoms with E-state index < -0.39 is 38.2 Å². The molecule has 8 heteroatoms. The highest BCUT2D eigenvalue weighted by molar-refractivity contribution is 6.74. The maximum absolute atomic E-state index is 15.9. The van der Waals surface area contributed by atoms with Crippen molar-refractivity contribution >= 4 is 14.6 Å². The number of rotatable bonds is 12. The third kappa shape index (κ3) is 8.21. The van der Waals surface area contributed by atoms with E-state index in [0.29, 0.717) is 0 Å². The summed E-state index contributed by atoms with van der Waals surface area (Å²) < 4.78 is 45.7. The highest BCUT2D eigenvalue weighted by atomic mass is 28.4. The predicted octanol–water partition coefficient (Wildman–Crippen LogP) is 6.59. The minimum atomic E-state index is -2.02. The number of methoxy groups -OCH3 is 1. The van der Waals surface area contributed by atoms with Crippen molar-refractivity contribution in [3.05, 3.63) is 41.7 Å². The summed E-state index contributed by atoms with van der Waals surface area (Å²) in [4.78, 5) is 11.3. The van der Waals surface area contributed by atoms with Gasteiger partial charge in [-0.05, 0) is 62.7 Å². The van der Waals surface area contributed by atoms with Gasteiger partial charge in [-0.1, -0.05) is 39.8 Å². The molecule has 2 rings (SSSR count). The lowest BCUT2D eigenvalue weighted by Gasteiger charge is -2.39. The molecule has 0 saturated carbocycles. The van der Waals surface area contributed by atoms with Gasteiger partial charge in [0.25, 0.3) is 0 Å². The Labute approximate surface area is 217 Å². The van der Waals surface area contributed by atoms with E-state index in [4.69, 9.17) is 23.4 Å². The number of halogens is 1. The first kappa shape index (κ1) is 30.6. The lowest BCUT2D eigenvalue weighted by molar-refractivity contribution is -0.158. The van der Waals surface area contributed by atoms with Crippen LogP contribution in [0.4, 0.5) is 4.39 Å². The summed E-state index contributed by atoms with van der Waals surface area (Å²) in [6.45, 7) is 18.5. The van der Waals surface area contributed by atoms with Crippen LogP contribution in [0, 0.1) is 5.92 Å². The molecule has 0 amide bonds. The molecule has 1 aromatic carbocycles. The van der Waals surface area contributed by atoms with Crippen molar-refractivity contribution in [2.24, 2.45) is 5.92 Å². The SMILES string of the molecule is COc1ccc(CO[C@H](C(F)=C[C@@H](C)[C@@H](C)O[Si](C)(C)C(C)(C)C)[C@H]2OC(C)(C)O[C@H]2CC=O)cc1. The second-order valence-electron chi connectivity index (χ2n) is 11.6. The van der Waals surface area contributed by atoms with Gasteiger partial charge in [0, 0.05) is 18.4 Å².